The second-order valence-electron chi connectivity index (χ2n) is 7.85. The van der Waals surface area contributed by atoms with Crippen molar-refractivity contribution in [2.24, 2.45) is 0 Å². The Morgan fingerprint density at radius 1 is 1.21 bits per heavy atom. The number of carbonyl (C=O) groups excluding carboxylic acids is 1. The molecule has 1 amide bonds. The van der Waals surface area contributed by atoms with Crippen LogP contribution in [0.25, 0.3) is 11.0 Å². The first-order valence-corrected chi connectivity index (χ1v) is 9.23. The van der Waals surface area contributed by atoms with E-state index in [1.165, 1.54) is 4.57 Å². The van der Waals surface area contributed by atoms with Gasteiger partial charge in [0.05, 0.1) is 21.6 Å². The summed E-state index contributed by atoms with van der Waals surface area (Å²) < 4.78 is 46.2. The molecule has 6 nitrogen and oxygen atoms in total. The van der Waals surface area contributed by atoms with Crippen LogP contribution in [-0.2, 0) is 10.9 Å². The molecule has 0 aliphatic carbocycles. The first-order chi connectivity index (χ1) is 12.9. The van der Waals surface area contributed by atoms with Crippen LogP contribution in [0.4, 0.5) is 18.0 Å². The number of aromatic amines is 1. The topological polar surface area (TPSA) is 67.3 Å². The number of imidazole rings is 1. The highest BCUT2D eigenvalue weighted by atomic mass is 35.5. The summed E-state index contributed by atoms with van der Waals surface area (Å²) in [4.78, 5) is 28.7. The number of likely N-dealkylation sites (tertiary alicyclic amines) is 1. The summed E-state index contributed by atoms with van der Waals surface area (Å²) >= 11 is 5.73. The van der Waals surface area contributed by atoms with Gasteiger partial charge in [0.1, 0.15) is 5.60 Å². The number of aromatic nitrogens is 2. The first-order valence-electron chi connectivity index (χ1n) is 8.86. The Bertz CT molecular complexity index is 951. The van der Waals surface area contributed by atoms with Gasteiger partial charge in [-0.15, -0.1) is 0 Å². The van der Waals surface area contributed by atoms with Gasteiger partial charge >= 0.3 is 18.0 Å². The van der Waals surface area contributed by atoms with Gasteiger partial charge in [0.25, 0.3) is 0 Å². The molecular weight excluding hydrogens is 399 g/mol. The van der Waals surface area contributed by atoms with Crippen molar-refractivity contribution in [2.75, 3.05) is 13.1 Å². The number of H-pyrrole nitrogens is 1. The fourth-order valence-corrected chi connectivity index (χ4v) is 3.63. The average molecular weight is 420 g/mol. The lowest BCUT2D eigenvalue weighted by atomic mass is 10.0. The number of halogens is 4. The standard InChI is InChI=1S/C18H21ClF3N3O3/c1-17(2,3)28-16(27)24-6-4-10(5-7-24)25-14-8-11(18(20,21)22)12(19)9-13(14)23-15(25)26/h8-10H,4-7H2,1-3H3,(H,23,26). The molecule has 0 atom stereocenters. The molecule has 1 aromatic heterocycles. The van der Waals surface area contributed by atoms with E-state index in [2.05, 4.69) is 4.98 Å². The number of nitrogens with zero attached hydrogens (tertiary/aromatic N) is 2. The zero-order chi connectivity index (χ0) is 20.9. The molecule has 2 heterocycles. The Kier molecular flexibility index (Phi) is 5.16. The molecule has 1 aliphatic rings. The molecule has 0 bridgehead atoms. The summed E-state index contributed by atoms with van der Waals surface area (Å²) in [6, 6.07) is 1.69. The molecule has 2 aromatic rings. The highest BCUT2D eigenvalue weighted by Gasteiger charge is 2.35. The quantitative estimate of drug-likeness (QED) is 0.736. The average Bonchev–Trinajstić information content (AvgIpc) is 2.86. The molecule has 154 valence electrons. The normalized spacial score (nSPS) is 16.6. The smallest absolute Gasteiger partial charge is 0.417 e. The van der Waals surface area contributed by atoms with Gasteiger partial charge in [-0.3, -0.25) is 4.57 Å². The van der Waals surface area contributed by atoms with Gasteiger partial charge in [-0.1, -0.05) is 11.6 Å². The zero-order valence-electron chi connectivity index (χ0n) is 15.7. The number of amides is 1. The first kappa shape index (κ1) is 20.6. The Hall–Kier alpha value is -2.16. The Morgan fingerprint density at radius 2 is 1.82 bits per heavy atom. The Balaban J connectivity index is 1.86. The number of carbonyl (C=O) groups is 1. The van der Waals surface area contributed by atoms with Crippen LogP contribution in [0.3, 0.4) is 0 Å². The van der Waals surface area contributed by atoms with E-state index in [1.54, 1.807) is 25.7 Å². The van der Waals surface area contributed by atoms with Crippen molar-refractivity contribution in [1.82, 2.24) is 14.5 Å². The molecule has 0 saturated carbocycles. The van der Waals surface area contributed by atoms with Gasteiger partial charge in [0.15, 0.2) is 0 Å². The second kappa shape index (κ2) is 7.02. The second-order valence-corrected chi connectivity index (χ2v) is 8.25. The lowest BCUT2D eigenvalue weighted by molar-refractivity contribution is -0.137. The summed E-state index contributed by atoms with van der Waals surface area (Å²) in [5.41, 5.74) is -1.70. The van der Waals surface area contributed by atoms with Crippen molar-refractivity contribution >= 4 is 28.7 Å². The number of fused-ring (bicyclic) bond motifs is 1. The van der Waals surface area contributed by atoms with Gasteiger partial charge in [-0.05, 0) is 45.7 Å². The fraction of sp³-hybridized carbons (Fsp3) is 0.556. The molecule has 28 heavy (non-hydrogen) atoms. The van der Waals surface area contributed by atoms with Crippen LogP contribution in [0.1, 0.15) is 45.2 Å². The predicted octanol–water partition coefficient (Wildman–Crippen LogP) is 4.57. The van der Waals surface area contributed by atoms with E-state index >= 15 is 0 Å². The molecule has 1 aromatic carbocycles. The monoisotopic (exact) mass is 419 g/mol. The van der Waals surface area contributed by atoms with Crippen LogP contribution in [0.15, 0.2) is 16.9 Å². The molecule has 0 unspecified atom stereocenters. The van der Waals surface area contributed by atoms with Gasteiger partial charge in [0.2, 0.25) is 0 Å². The van der Waals surface area contributed by atoms with Gasteiger partial charge < -0.3 is 14.6 Å². The number of nitrogens with one attached hydrogen (secondary N) is 1. The van der Waals surface area contributed by atoms with Gasteiger partial charge in [-0.2, -0.15) is 13.2 Å². The molecule has 1 aliphatic heterocycles. The van der Waals surface area contributed by atoms with E-state index in [0.29, 0.717) is 25.9 Å². The lowest BCUT2D eigenvalue weighted by Gasteiger charge is -2.33. The number of benzene rings is 1. The van der Waals surface area contributed by atoms with Gasteiger partial charge in [-0.25, -0.2) is 9.59 Å². The molecule has 3 rings (SSSR count). The third-order valence-corrected chi connectivity index (χ3v) is 4.90. The minimum atomic E-state index is -4.62. The van der Waals surface area contributed by atoms with E-state index in [4.69, 9.17) is 16.3 Å². The highest BCUT2D eigenvalue weighted by molar-refractivity contribution is 6.32. The summed E-state index contributed by atoms with van der Waals surface area (Å²) in [6.07, 6.45) is -4.21. The zero-order valence-corrected chi connectivity index (χ0v) is 16.4. The van der Waals surface area contributed by atoms with Crippen LogP contribution in [-0.4, -0.2) is 39.2 Å². The minimum Gasteiger partial charge on any atom is -0.444 e. The van der Waals surface area contributed by atoms with E-state index in [-0.39, 0.29) is 17.1 Å². The highest BCUT2D eigenvalue weighted by Crippen LogP contribution is 2.37. The molecule has 0 radical (unpaired) electrons. The van der Waals surface area contributed by atoms with Crippen LogP contribution < -0.4 is 5.69 Å². The Labute approximate surface area is 164 Å². The van der Waals surface area contributed by atoms with Crippen LogP contribution in [0, 0.1) is 0 Å². The van der Waals surface area contributed by atoms with Crippen LogP contribution in [0.2, 0.25) is 5.02 Å². The van der Waals surface area contributed by atoms with E-state index < -0.39 is 34.1 Å². The third-order valence-electron chi connectivity index (χ3n) is 4.59. The molecule has 1 N–H and O–H groups in total. The number of rotatable bonds is 1. The largest absolute Gasteiger partial charge is 0.444 e. The van der Waals surface area contributed by atoms with Crippen molar-refractivity contribution in [2.45, 2.75) is 51.4 Å². The van der Waals surface area contributed by atoms with Gasteiger partial charge in [0, 0.05) is 19.1 Å². The molecule has 1 fully saturated rings. The lowest BCUT2D eigenvalue weighted by Crippen LogP contribution is -2.43. The Morgan fingerprint density at radius 3 is 2.36 bits per heavy atom. The summed E-state index contributed by atoms with van der Waals surface area (Å²) in [5, 5.41) is -0.465. The molecule has 0 spiro atoms. The minimum absolute atomic E-state index is 0.150. The van der Waals surface area contributed by atoms with Crippen LogP contribution in [0.5, 0.6) is 0 Å². The SMILES string of the molecule is CC(C)(C)OC(=O)N1CCC(n2c(=O)[nH]c3cc(Cl)c(C(F)(F)F)cc32)CC1. The summed E-state index contributed by atoms with van der Waals surface area (Å²) in [7, 11) is 0. The number of ether oxygens (including phenoxy) is 1. The van der Waals surface area contributed by atoms with Crippen molar-refractivity contribution in [3.8, 4) is 0 Å². The number of piperidine rings is 1. The van der Waals surface area contributed by atoms with Crippen molar-refractivity contribution < 1.29 is 22.7 Å². The number of hydrogen-bond acceptors (Lipinski definition) is 3. The maximum absolute atomic E-state index is 13.2. The number of alkyl halides is 3. The fourth-order valence-electron chi connectivity index (χ4n) is 3.36. The van der Waals surface area contributed by atoms with Crippen molar-refractivity contribution in [3.05, 3.63) is 33.2 Å². The molecule has 1 saturated heterocycles. The summed E-state index contributed by atoms with van der Waals surface area (Å²) in [5.74, 6) is 0. The van der Waals surface area contributed by atoms with E-state index in [1.807, 2.05) is 0 Å². The van der Waals surface area contributed by atoms with Crippen molar-refractivity contribution in [3.63, 3.8) is 0 Å². The third kappa shape index (κ3) is 4.14. The maximum atomic E-state index is 13.2. The summed E-state index contributed by atoms with van der Waals surface area (Å²) in [6.45, 7) is 6.00. The van der Waals surface area contributed by atoms with Crippen LogP contribution >= 0.6 is 11.6 Å². The molecule has 10 heteroatoms. The number of hydrogen-bond donors (Lipinski definition) is 1. The predicted molar refractivity (Wildman–Crippen MR) is 98.6 cm³/mol. The van der Waals surface area contributed by atoms with Crippen molar-refractivity contribution in [1.29, 1.82) is 0 Å². The van der Waals surface area contributed by atoms with E-state index in [0.717, 1.165) is 12.1 Å². The maximum Gasteiger partial charge on any atom is 0.417 e. The van der Waals surface area contributed by atoms with E-state index in [9.17, 15) is 22.8 Å². The molecular formula is C18H21ClF3N3O3.